The molecule has 0 saturated heterocycles. The van der Waals surface area contributed by atoms with E-state index in [1.165, 1.54) is 11.3 Å². The normalized spacial score (nSPS) is 12.6. The third-order valence-electron chi connectivity index (χ3n) is 2.12. The Hall–Kier alpha value is -1.42. The molecule has 2 aromatic heterocycles. The van der Waals surface area contributed by atoms with Gasteiger partial charge in [0, 0.05) is 17.5 Å². The first-order valence-corrected chi connectivity index (χ1v) is 5.57. The van der Waals surface area contributed by atoms with Crippen molar-refractivity contribution in [2.24, 2.45) is 0 Å². The average Bonchev–Trinajstić information content (AvgIpc) is 2.85. The highest BCUT2D eigenvalue weighted by Crippen LogP contribution is 2.22. The molecule has 0 fully saturated rings. The summed E-state index contributed by atoms with van der Waals surface area (Å²) in [5.41, 5.74) is 0.960. The number of aryl methyl sites for hydroxylation is 1. The first-order valence-electron chi connectivity index (χ1n) is 4.69. The Morgan fingerprint density at radius 2 is 2.53 bits per heavy atom. The summed E-state index contributed by atoms with van der Waals surface area (Å²) in [6.45, 7) is 1.93. The van der Waals surface area contributed by atoms with E-state index in [1.807, 2.05) is 24.4 Å². The van der Waals surface area contributed by atoms with Crippen molar-refractivity contribution in [1.82, 2.24) is 4.98 Å². The van der Waals surface area contributed by atoms with Gasteiger partial charge in [0.1, 0.15) is 17.1 Å². The van der Waals surface area contributed by atoms with Crippen LogP contribution in [-0.4, -0.2) is 11.3 Å². The standard InChI is InChI=1S/C11H11NO2S/c1-8-7-15-11(12-8)9(6-13)5-10-3-2-4-14-10/h2-4,6-7,9H,5H2,1H3. The Morgan fingerprint density at radius 1 is 1.67 bits per heavy atom. The summed E-state index contributed by atoms with van der Waals surface area (Å²) in [4.78, 5) is 15.3. The molecule has 2 rings (SSSR count). The first kappa shape index (κ1) is 10.1. The molecule has 0 aliphatic rings. The molecule has 1 atom stereocenters. The van der Waals surface area contributed by atoms with E-state index in [4.69, 9.17) is 4.42 Å². The van der Waals surface area contributed by atoms with Crippen molar-refractivity contribution >= 4 is 17.6 Å². The van der Waals surface area contributed by atoms with Crippen LogP contribution in [0.1, 0.15) is 22.4 Å². The average molecular weight is 221 g/mol. The van der Waals surface area contributed by atoms with E-state index in [1.54, 1.807) is 6.26 Å². The van der Waals surface area contributed by atoms with E-state index >= 15 is 0 Å². The van der Waals surface area contributed by atoms with E-state index < -0.39 is 0 Å². The zero-order chi connectivity index (χ0) is 10.7. The Balaban J connectivity index is 2.14. The van der Waals surface area contributed by atoms with Crippen LogP contribution in [0.15, 0.2) is 28.2 Å². The predicted octanol–water partition coefficient (Wildman–Crippen LogP) is 2.57. The van der Waals surface area contributed by atoms with E-state index in [-0.39, 0.29) is 5.92 Å². The second-order valence-corrected chi connectivity index (χ2v) is 4.24. The van der Waals surface area contributed by atoms with Crippen molar-refractivity contribution < 1.29 is 9.21 Å². The smallest absolute Gasteiger partial charge is 0.130 e. The van der Waals surface area contributed by atoms with Crippen molar-refractivity contribution in [2.45, 2.75) is 19.3 Å². The number of thiazole rings is 1. The Bertz CT molecular complexity index is 433. The van der Waals surface area contributed by atoms with Gasteiger partial charge >= 0.3 is 0 Å². The maximum Gasteiger partial charge on any atom is 0.130 e. The number of nitrogens with zero attached hydrogens (tertiary/aromatic N) is 1. The van der Waals surface area contributed by atoms with Gasteiger partial charge in [-0.2, -0.15) is 0 Å². The van der Waals surface area contributed by atoms with Crippen molar-refractivity contribution in [2.75, 3.05) is 0 Å². The molecule has 0 aliphatic heterocycles. The maximum atomic E-state index is 11.0. The number of rotatable bonds is 4. The number of hydrogen-bond donors (Lipinski definition) is 0. The van der Waals surface area contributed by atoms with E-state index in [2.05, 4.69) is 4.98 Å². The second-order valence-electron chi connectivity index (χ2n) is 3.35. The van der Waals surface area contributed by atoms with Gasteiger partial charge in [-0.3, -0.25) is 0 Å². The number of aldehydes is 1. The molecule has 0 radical (unpaired) electrons. The second kappa shape index (κ2) is 4.40. The van der Waals surface area contributed by atoms with Crippen LogP contribution in [0, 0.1) is 6.92 Å². The van der Waals surface area contributed by atoms with Crippen LogP contribution in [0.4, 0.5) is 0 Å². The third kappa shape index (κ3) is 2.33. The van der Waals surface area contributed by atoms with Crippen LogP contribution in [0.2, 0.25) is 0 Å². The first-order chi connectivity index (χ1) is 7.29. The topological polar surface area (TPSA) is 43.1 Å². The van der Waals surface area contributed by atoms with E-state index in [0.29, 0.717) is 6.42 Å². The van der Waals surface area contributed by atoms with Gasteiger partial charge in [0.2, 0.25) is 0 Å². The van der Waals surface area contributed by atoms with Crippen LogP contribution in [0.25, 0.3) is 0 Å². The maximum absolute atomic E-state index is 11.0. The Morgan fingerprint density at radius 3 is 3.07 bits per heavy atom. The molecule has 2 aromatic rings. The fraction of sp³-hybridized carbons (Fsp3) is 0.273. The lowest BCUT2D eigenvalue weighted by Gasteiger charge is -2.03. The van der Waals surface area contributed by atoms with Gasteiger partial charge in [-0.1, -0.05) is 0 Å². The molecule has 0 aliphatic carbocycles. The lowest BCUT2D eigenvalue weighted by Crippen LogP contribution is -2.03. The molecular weight excluding hydrogens is 210 g/mol. The SMILES string of the molecule is Cc1csc(C(C=O)Cc2ccco2)n1. The van der Waals surface area contributed by atoms with Gasteiger partial charge in [0.05, 0.1) is 12.2 Å². The molecule has 0 N–H and O–H groups in total. The van der Waals surface area contributed by atoms with Crippen molar-refractivity contribution in [3.63, 3.8) is 0 Å². The molecule has 78 valence electrons. The molecule has 0 saturated carbocycles. The zero-order valence-electron chi connectivity index (χ0n) is 8.34. The van der Waals surface area contributed by atoms with Gasteiger partial charge in [-0.25, -0.2) is 4.98 Å². The largest absolute Gasteiger partial charge is 0.469 e. The van der Waals surface area contributed by atoms with Gasteiger partial charge in [-0.15, -0.1) is 11.3 Å². The molecular formula is C11H11NO2S. The summed E-state index contributed by atoms with van der Waals surface area (Å²) in [6.07, 6.45) is 3.13. The van der Waals surface area contributed by atoms with Crippen LogP contribution >= 0.6 is 11.3 Å². The molecule has 1 unspecified atom stereocenters. The number of hydrogen-bond acceptors (Lipinski definition) is 4. The van der Waals surface area contributed by atoms with E-state index in [0.717, 1.165) is 22.7 Å². The fourth-order valence-electron chi connectivity index (χ4n) is 1.38. The van der Waals surface area contributed by atoms with Crippen LogP contribution in [0.5, 0.6) is 0 Å². The molecule has 3 nitrogen and oxygen atoms in total. The highest BCUT2D eigenvalue weighted by molar-refractivity contribution is 7.09. The number of carbonyl (C=O) groups excluding carboxylic acids is 1. The summed E-state index contributed by atoms with van der Waals surface area (Å²) < 4.78 is 5.21. The molecule has 15 heavy (non-hydrogen) atoms. The number of furan rings is 1. The summed E-state index contributed by atoms with van der Waals surface area (Å²) in [7, 11) is 0. The number of carbonyl (C=O) groups is 1. The van der Waals surface area contributed by atoms with Crippen LogP contribution in [-0.2, 0) is 11.2 Å². The predicted molar refractivity (Wildman–Crippen MR) is 58.1 cm³/mol. The van der Waals surface area contributed by atoms with Gasteiger partial charge in [0.15, 0.2) is 0 Å². The van der Waals surface area contributed by atoms with Crippen LogP contribution in [0.3, 0.4) is 0 Å². The number of aromatic nitrogens is 1. The van der Waals surface area contributed by atoms with Gasteiger partial charge < -0.3 is 9.21 Å². The third-order valence-corrected chi connectivity index (χ3v) is 3.21. The highest BCUT2D eigenvalue weighted by Gasteiger charge is 2.16. The van der Waals surface area contributed by atoms with Crippen molar-refractivity contribution in [1.29, 1.82) is 0 Å². The molecule has 0 spiro atoms. The molecule has 0 bridgehead atoms. The van der Waals surface area contributed by atoms with Crippen LogP contribution < -0.4 is 0 Å². The lowest BCUT2D eigenvalue weighted by molar-refractivity contribution is -0.109. The molecule has 0 amide bonds. The molecule has 4 heteroatoms. The fourth-order valence-corrected chi connectivity index (χ4v) is 2.24. The summed E-state index contributed by atoms with van der Waals surface area (Å²) in [6, 6.07) is 3.70. The highest BCUT2D eigenvalue weighted by atomic mass is 32.1. The van der Waals surface area contributed by atoms with Crippen molar-refractivity contribution in [3.05, 3.63) is 40.2 Å². The van der Waals surface area contributed by atoms with Gasteiger partial charge in [0.25, 0.3) is 0 Å². The minimum Gasteiger partial charge on any atom is -0.469 e. The summed E-state index contributed by atoms with van der Waals surface area (Å²) >= 11 is 1.52. The lowest BCUT2D eigenvalue weighted by atomic mass is 10.1. The van der Waals surface area contributed by atoms with E-state index in [9.17, 15) is 4.79 Å². The summed E-state index contributed by atoms with van der Waals surface area (Å²) in [5, 5.41) is 2.81. The Kier molecular flexibility index (Phi) is 2.97. The summed E-state index contributed by atoms with van der Waals surface area (Å²) in [5.74, 6) is 0.634. The molecule has 2 heterocycles. The Labute approximate surface area is 91.8 Å². The van der Waals surface area contributed by atoms with Crippen molar-refractivity contribution in [3.8, 4) is 0 Å². The quantitative estimate of drug-likeness (QED) is 0.745. The zero-order valence-corrected chi connectivity index (χ0v) is 9.16. The van der Waals surface area contributed by atoms with Gasteiger partial charge in [-0.05, 0) is 19.1 Å². The molecule has 0 aromatic carbocycles. The minimum absolute atomic E-state index is 0.185. The minimum atomic E-state index is -0.185. The monoisotopic (exact) mass is 221 g/mol.